The second-order valence-corrected chi connectivity index (χ2v) is 6.74. The molecule has 0 aromatic heterocycles. The molecule has 0 unspecified atom stereocenters. The fourth-order valence-corrected chi connectivity index (χ4v) is 3.01. The molecule has 0 radical (unpaired) electrons. The Labute approximate surface area is 177 Å². The molecule has 1 aliphatic heterocycles. The van der Waals surface area contributed by atoms with Crippen LogP contribution in [0.1, 0.15) is 11.1 Å². The van der Waals surface area contributed by atoms with Crippen molar-refractivity contribution < 1.29 is 45.7 Å². The summed E-state index contributed by atoms with van der Waals surface area (Å²) in [6.07, 6.45) is -10.9. The molecule has 1 amide bonds. The van der Waals surface area contributed by atoms with Crippen molar-refractivity contribution in [3.63, 3.8) is 0 Å². The topological polar surface area (TPSA) is 67.8 Å². The van der Waals surface area contributed by atoms with Gasteiger partial charge in [0.1, 0.15) is 5.75 Å². The zero-order valence-corrected chi connectivity index (χ0v) is 16.1. The van der Waals surface area contributed by atoms with Gasteiger partial charge in [-0.25, -0.2) is 0 Å². The van der Waals surface area contributed by atoms with Gasteiger partial charge in [0.15, 0.2) is 0 Å². The molecule has 2 aromatic carbocycles. The van der Waals surface area contributed by atoms with E-state index in [1.807, 2.05) is 0 Å². The van der Waals surface area contributed by atoms with Crippen LogP contribution in [0.2, 0.25) is 0 Å². The minimum absolute atomic E-state index is 0.0360. The molecule has 2 atom stereocenters. The Kier molecular flexibility index (Phi) is 6.66. The molecule has 3 rings (SSSR count). The van der Waals surface area contributed by atoms with Gasteiger partial charge in [-0.15, -0.1) is 13.2 Å². The molecule has 2 aromatic rings. The lowest BCUT2D eigenvalue weighted by Gasteiger charge is -2.17. The van der Waals surface area contributed by atoms with Gasteiger partial charge in [0, 0.05) is 17.0 Å². The van der Waals surface area contributed by atoms with E-state index in [0.29, 0.717) is 6.07 Å². The Morgan fingerprint density at radius 3 is 2.41 bits per heavy atom. The minimum atomic E-state index is -5.09. The fourth-order valence-electron chi connectivity index (χ4n) is 3.01. The van der Waals surface area contributed by atoms with Crippen LogP contribution in [0.5, 0.6) is 5.75 Å². The number of hydrogen-bond acceptors (Lipinski definition) is 4. The molecular formula is C21H15F6NO4. The molecule has 0 spiro atoms. The Bertz CT molecular complexity index is 1050. The van der Waals surface area contributed by atoms with Crippen LogP contribution >= 0.6 is 0 Å². The lowest BCUT2D eigenvalue weighted by molar-refractivity contribution is -0.274. The number of aliphatic hydroxyl groups excluding tert-OH is 1. The van der Waals surface area contributed by atoms with Gasteiger partial charge < -0.3 is 19.9 Å². The van der Waals surface area contributed by atoms with E-state index in [1.54, 1.807) is 0 Å². The molecule has 1 saturated heterocycles. The highest BCUT2D eigenvalue weighted by atomic mass is 19.4. The van der Waals surface area contributed by atoms with Crippen LogP contribution in [-0.2, 0) is 15.7 Å². The summed E-state index contributed by atoms with van der Waals surface area (Å²) in [7, 11) is 0. The Hall–Kier alpha value is -3.23. The molecule has 5 nitrogen and oxygen atoms in total. The Morgan fingerprint density at radius 1 is 1.06 bits per heavy atom. The molecular weight excluding hydrogens is 444 g/mol. The summed E-state index contributed by atoms with van der Waals surface area (Å²) < 4.78 is 87.8. The van der Waals surface area contributed by atoms with Gasteiger partial charge in [0.25, 0.3) is 5.91 Å². The average molecular weight is 459 g/mol. The number of nitrogens with one attached hydrogen (secondary N) is 1. The highest BCUT2D eigenvalue weighted by molar-refractivity contribution is 5.94. The fraction of sp³-hybridized carbons (Fsp3) is 0.286. The summed E-state index contributed by atoms with van der Waals surface area (Å²) in [6, 6.07) is 6.49. The average Bonchev–Trinajstić information content (AvgIpc) is 3.09. The molecule has 1 heterocycles. The number of rotatable bonds is 3. The number of ether oxygens (including phenoxy) is 2. The lowest BCUT2D eigenvalue weighted by Crippen LogP contribution is -2.41. The maximum absolute atomic E-state index is 13.7. The number of hydrogen-bond donors (Lipinski definition) is 2. The summed E-state index contributed by atoms with van der Waals surface area (Å²) in [5, 5.41) is 12.0. The van der Waals surface area contributed by atoms with Crippen molar-refractivity contribution in [3.05, 3.63) is 53.6 Å². The number of alkyl halides is 6. The van der Waals surface area contributed by atoms with E-state index in [9.17, 15) is 36.2 Å². The Balaban J connectivity index is 1.93. The molecule has 0 saturated carbocycles. The molecule has 11 heteroatoms. The van der Waals surface area contributed by atoms with Crippen molar-refractivity contribution in [3.8, 4) is 28.7 Å². The van der Waals surface area contributed by atoms with E-state index in [4.69, 9.17) is 4.74 Å². The maximum atomic E-state index is 13.7. The highest BCUT2D eigenvalue weighted by Gasteiger charge is 2.36. The summed E-state index contributed by atoms with van der Waals surface area (Å²) in [5.74, 6) is 2.78. The SMILES string of the molecule is O=C(C#Cc1ccc(-c2ccccc2OC(F)(F)F)c(C(F)(F)F)c1)N[C@H]1COC[C@H]1O. The molecule has 1 fully saturated rings. The minimum Gasteiger partial charge on any atom is -0.405 e. The zero-order valence-electron chi connectivity index (χ0n) is 16.1. The van der Waals surface area contributed by atoms with Crippen molar-refractivity contribution >= 4 is 5.91 Å². The molecule has 1 aliphatic rings. The summed E-state index contributed by atoms with van der Waals surface area (Å²) in [4.78, 5) is 11.9. The van der Waals surface area contributed by atoms with E-state index in [1.165, 1.54) is 12.1 Å². The molecule has 32 heavy (non-hydrogen) atoms. The number of aliphatic hydroxyl groups is 1. The second kappa shape index (κ2) is 9.10. The quantitative estimate of drug-likeness (QED) is 0.545. The predicted octanol–water partition coefficient (Wildman–Crippen LogP) is 3.50. The lowest BCUT2D eigenvalue weighted by atomic mass is 9.96. The number of carbonyl (C=O) groups is 1. The Morgan fingerprint density at radius 2 is 1.78 bits per heavy atom. The number of para-hydroxylation sites is 1. The number of halogens is 6. The van der Waals surface area contributed by atoms with E-state index in [0.717, 1.165) is 24.3 Å². The van der Waals surface area contributed by atoms with Crippen molar-refractivity contribution in [1.82, 2.24) is 5.32 Å². The number of carbonyl (C=O) groups excluding carboxylic acids is 1. The van der Waals surface area contributed by atoms with Crippen molar-refractivity contribution in [2.75, 3.05) is 13.2 Å². The largest absolute Gasteiger partial charge is 0.573 e. The van der Waals surface area contributed by atoms with Crippen molar-refractivity contribution in [1.29, 1.82) is 0 Å². The third-order valence-corrected chi connectivity index (χ3v) is 4.42. The van der Waals surface area contributed by atoms with Gasteiger partial charge in [-0.1, -0.05) is 30.2 Å². The number of benzene rings is 2. The van der Waals surface area contributed by atoms with Crippen LogP contribution in [0.4, 0.5) is 26.3 Å². The standard InChI is InChI=1S/C21H15F6NO4/c22-20(23,24)15-9-12(6-8-19(30)28-16-10-31-11-17(16)29)5-7-13(15)14-3-1-2-4-18(14)32-21(25,26)27/h1-5,7,9,16-17,29H,10-11H2,(H,28,30)/t16-,17+/m0/s1. The van der Waals surface area contributed by atoms with Gasteiger partial charge in [0.2, 0.25) is 0 Å². The van der Waals surface area contributed by atoms with Crippen molar-refractivity contribution in [2.24, 2.45) is 0 Å². The van der Waals surface area contributed by atoms with Crippen LogP contribution < -0.4 is 10.1 Å². The highest BCUT2D eigenvalue weighted by Crippen LogP contribution is 2.41. The molecule has 2 N–H and O–H groups in total. The first-order chi connectivity index (χ1) is 14.9. The van der Waals surface area contributed by atoms with Gasteiger partial charge in [-0.2, -0.15) is 13.2 Å². The third-order valence-electron chi connectivity index (χ3n) is 4.42. The monoisotopic (exact) mass is 459 g/mol. The first-order valence-electron chi connectivity index (χ1n) is 9.09. The van der Waals surface area contributed by atoms with Gasteiger partial charge in [-0.05, 0) is 23.8 Å². The van der Waals surface area contributed by atoms with Crippen LogP contribution in [0, 0.1) is 11.8 Å². The second-order valence-electron chi connectivity index (χ2n) is 6.74. The predicted molar refractivity (Wildman–Crippen MR) is 99.2 cm³/mol. The summed E-state index contributed by atoms with van der Waals surface area (Å²) in [5.41, 5.74) is -2.39. The molecule has 0 bridgehead atoms. The first kappa shape index (κ1) is 23.4. The molecule has 0 aliphatic carbocycles. The van der Waals surface area contributed by atoms with E-state index in [2.05, 4.69) is 21.9 Å². The van der Waals surface area contributed by atoms with Crippen LogP contribution in [0.15, 0.2) is 42.5 Å². The normalized spacial score (nSPS) is 18.6. The van der Waals surface area contributed by atoms with Crippen LogP contribution in [0.25, 0.3) is 11.1 Å². The summed E-state index contributed by atoms with van der Waals surface area (Å²) >= 11 is 0. The molecule has 170 valence electrons. The maximum Gasteiger partial charge on any atom is 0.573 e. The van der Waals surface area contributed by atoms with Gasteiger partial charge in [0.05, 0.1) is 30.9 Å². The number of amides is 1. The van der Waals surface area contributed by atoms with E-state index < -0.39 is 53.0 Å². The van der Waals surface area contributed by atoms with Crippen LogP contribution in [0.3, 0.4) is 0 Å². The zero-order chi connectivity index (χ0) is 23.5. The van der Waals surface area contributed by atoms with Crippen LogP contribution in [-0.4, -0.2) is 42.7 Å². The summed E-state index contributed by atoms with van der Waals surface area (Å²) in [6.45, 7) is 0.106. The third kappa shape index (κ3) is 5.93. The van der Waals surface area contributed by atoms with Crippen molar-refractivity contribution in [2.45, 2.75) is 24.7 Å². The van der Waals surface area contributed by atoms with Gasteiger partial charge in [-0.3, -0.25) is 4.79 Å². The van der Waals surface area contributed by atoms with Gasteiger partial charge >= 0.3 is 12.5 Å². The van der Waals surface area contributed by atoms with E-state index >= 15 is 0 Å². The first-order valence-corrected chi connectivity index (χ1v) is 9.09. The van der Waals surface area contributed by atoms with E-state index in [-0.39, 0.29) is 18.8 Å². The smallest absolute Gasteiger partial charge is 0.405 e.